The number of carbonyl (C=O) groups is 2. The lowest BCUT2D eigenvalue weighted by molar-refractivity contribution is -0.140. The number of benzene rings is 1. The van der Waals surface area contributed by atoms with Crippen molar-refractivity contribution in [1.29, 1.82) is 0 Å². The Hall–Kier alpha value is -3.15. The predicted octanol–water partition coefficient (Wildman–Crippen LogP) is 4.08. The zero-order chi connectivity index (χ0) is 26.6. The predicted molar refractivity (Wildman–Crippen MR) is 116 cm³/mol. The normalized spacial score (nSPS) is 27.3. The van der Waals surface area contributed by atoms with Crippen molar-refractivity contribution < 1.29 is 41.0 Å². The van der Waals surface area contributed by atoms with E-state index >= 15 is 0 Å². The molecule has 0 bridgehead atoms. The highest BCUT2D eigenvalue weighted by Gasteiger charge is 2.56. The summed E-state index contributed by atoms with van der Waals surface area (Å²) in [6, 6.07) is 0.837. The zero-order valence-electron chi connectivity index (χ0n) is 19.3. The summed E-state index contributed by atoms with van der Waals surface area (Å²) >= 11 is 0. The number of fused-ring (bicyclic) bond motifs is 1. The van der Waals surface area contributed by atoms with E-state index in [0.717, 1.165) is 0 Å². The number of amides is 2. The van der Waals surface area contributed by atoms with Crippen LogP contribution in [0, 0.1) is 23.5 Å². The summed E-state index contributed by atoms with van der Waals surface area (Å²) in [6.07, 6.45) is -3.27. The van der Waals surface area contributed by atoms with Gasteiger partial charge in [0.1, 0.15) is 24.4 Å². The molecule has 1 saturated heterocycles. The number of alkyl halides is 4. The third-order valence-corrected chi connectivity index (χ3v) is 7.49. The molecule has 0 unspecified atom stereocenters. The molecule has 198 valence electrons. The van der Waals surface area contributed by atoms with Crippen molar-refractivity contribution in [2.45, 2.75) is 62.8 Å². The molecule has 12 heteroatoms. The first-order valence-electron chi connectivity index (χ1n) is 11.9. The first kappa shape index (κ1) is 25.5. The number of hydrogen-bond donors (Lipinski definition) is 2. The van der Waals surface area contributed by atoms with Gasteiger partial charge in [0.15, 0.2) is 0 Å². The Morgan fingerprint density at radius 3 is 2.49 bits per heavy atom. The monoisotopic (exact) mass is 527 g/mol. The Morgan fingerprint density at radius 1 is 1.11 bits per heavy atom. The molecular weight excluding hydrogens is 504 g/mol. The van der Waals surface area contributed by atoms with Crippen LogP contribution in [0.5, 0.6) is 0 Å². The van der Waals surface area contributed by atoms with E-state index in [1.165, 1.54) is 23.2 Å². The first-order valence-corrected chi connectivity index (χ1v) is 11.9. The lowest BCUT2D eigenvalue weighted by Crippen LogP contribution is -2.51. The minimum Gasteiger partial charge on any atom is -0.393 e. The molecule has 3 fully saturated rings. The van der Waals surface area contributed by atoms with Crippen LogP contribution in [0.1, 0.15) is 58.9 Å². The fourth-order valence-electron chi connectivity index (χ4n) is 5.43. The first-order chi connectivity index (χ1) is 17.5. The summed E-state index contributed by atoms with van der Waals surface area (Å²) in [6.45, 7) is -0.874. The topological polar surface area (TPSA) is 82.5 Å². The second-order valence-electron chi connectivity index (χ2n) is 9.92. The van der Waals surface area contributed by atoms with Gasteiger partial charge in [-0.2, -0.15) is 13.2 Å². The molecule has 5 rings (SSSR count). The smallest absolute Gasteiger partial charge is 0.393 e. The number of aliphatic hydroxyl groups is 1. The lowest BCUT2D eigenvalue weighted by Gasteiger charge is -2.39. The number of carbonyl (C=O) groups excluding carboxylic acids is 2. The average molecular weight is 527 g/mol. The molecule has 2 amide bonds. The van der Waals surface area contributed by atoms with Crippen molar-refractivity contribution in [1.82, 2.24) is 15.2 Å². The molecule has 6 nitrogen and oxygen atoms in total. The van der Waals surface area contributed by atoms with Crippen LogP contribution in [0.3, 0.4) is 0 Å². The van der Waals surface area contributed by atoms with E-state index < -0.39 is 71.5 Å². The Labute approximate surface area is 207 Å². The van der Waals surface area contributed by atoms with Crippen LogP contribution in [0.4, 0.5) is 26.3 Å². The van der Waals surface area contributed by atoms with Gasteiger partial charge in [-0.25, -0.2) is 13.2 Å². The van der Waals surface area contributed by atoms with Crippen molar-refractivity contribution in [2.75, 3.05) is 0 Å². The van der Waals surface area contributed by atoms with Crippen LogP contribution < -0.4 is 5.32 Å². The van der Waals surface area contributed by atoms with Gasteiger partial charge in [0.05, 0.1) is 23.4 Å². The fraction of sp³-hybridized carbons (Fsp3) is 0.480. The van der Waals surface area contributed by atoms with Gasteiger partial charge in [0.2, 0.25) is 5.91 Å². The Balaban J connectivity index is 1.41. The van der Waals surface area contributed by atoms with Crippen molar-refractivity contribution in [3.63, 3.8) is 0 Å². The molecule has 2 saturated carbocycles. The molecule has 1 aromatic carbocycles. The molecular formula is C25H23F6N3O3. The number of rotatable bonds is 6. The minimum atomic E-state index is -5.10. The fourth-order valence-corrected chi connectivity index (χ4v) is 5.43. The highest BCUT2D eigenvalue weighted by molar-refractivity contribution is 5.98. The number of nitrogens with one attached hydrogen (secondary N) is 1. The molecule has 2 N–H and O–H groups in total. The van der Waals surface area contributed by atoms with E-state index in [1.807, 2.05) is 0 Å². The van der Waals surface area contributed by atoms with Crippen molar-refractivity contribution in [2.24, 2.45) is 11.8 Å². The number of piperidine rings is 1. The maximum atomic E-state index is 14.8. The standard InChI is InChI=1S/C25H23F6N3O3/c26-10-14-3-11(1-2-32-14)24(37)34-20-6-12(20)7-21(34)23(36)33-22(13-4-15(35)5-13)16-8-19(28)17(9-18(16)27)25(29,30)31/h1-3,8-9,12-13,15,20-22,35H,4-7,10H2,(H,33,36)/t12-,13?,15?,20-,21-,22-/m1/s1. The van der Waals surface area contributed by atoms with Gasteiger partial charge in [-0.3, -0.25) is 14.6 Å². The van der Waals surface area contributed by atoms with Crippen molar-refractivity contribution >= 4 is 11.8 Å². The molecule has 2 aliphatic carbocycles. The molecule has 0 radical (unpaired) electrons. The van der Waals surface area contributed by atoms with E-state index in [4.69, 9.17) is 0 Å². The third-order valence-electron chi connectivity index (χ3n) is 7.49. The second-order valence-corrected chi connectivity index (χ2v) is 9.92. The van der Waals surface area contributed by atoms with E-state index in [2.05, 4.69) is 10.3 Å². The average Bonchev–Trinajstić information content (AvgIpc) is 3.50. The largest absolute Gasteiger partial charge is 0.419 e. The van der Waals surface area contributed by atoms with Gasteiger partial charge in [-0.1, -0.05) is 0 Å². The number of pyridine rings is 1. The van der Waals surface area contributed by atoms with Crippen LogP contribution in [-0.4, -0.2) is 45.0 Å². The van der Waals surface area contributed by atoms with Gasteiger partial charge in [0, 0.05) is 23.4 Å². The highest BCUT2D eigenvalue weighted by atomic mass is 19.4. The quantitative estimate of drug-likeness (QED) is 0.555. The Kier molecular flexibility index (Phi) is 6.41. The number of hydrogen-bond acceptors (Lipinski definition) is 4. The number of aliphatic hydroxyl groups excluding tert-OH is 1. The van der Waals surface area contributed by atoms with Crippen LogP contribution in [0.15, 0.2) is 30.5 Å². The molecule has 4 atom stereocenters. The van der Waals surface area contributed by atoms with Gasteiger partial charge < -0.3 is 15.3 Å². The second kappa shape index (κ2) is 9.30. The SMILES string of the molecule is O=C(N[C@@H](c1cc(F)c(C(F)(F)F)cc1F)C1CC(O)C1)[C@H]1C[C@H]2C[C@H]2N1C(=O)c1ccnc(CF)c1. The molecule has 0 spiro atoms. The summed E-state index contributed by atoms with van der Waals surface area (Å²) in [4.78, 5) is 31.8. The van der Waals surface area contributed by atoms with Crippen LogP contribution in [-0.2, 0) is 17.6 Å². The summed E-state index contributed by atoms with van der Waals surface area (Å²) in [5.74, 6) is -4.64. The van der Waals surface area contributed by atoms with Crippen molar-refractivity contribution in [3.8, 4) is 0 Å². The van der Waals surface area contributed by atoms with E-state index in [9.17, 15) is 41.0 Å². The van der Waals surface area contributed by atoms with Crippen LogP contribution in [0.25, 0.3) is 0 Å². The molecule has 1 aliphatic heterocycles. The molecule has 2 heterocycles. The minimum absolute atomic E-state index is 0.0572. The van der Waals surface area contributed by atoms with E-state index in [0.29, 0.717) is 18.9 Å². The number of likely N-dealkylation sites (tertiary alicyclic amines) is 1. The van der Waals surface area contributed by atoms with Gasteiger partial charge in [-0.15, -0.1) is 0 Å². The van der Waals surface area contributed by atoms with E-state index in [1.54, 1.807) is 0 Å². The Bertz CT molecular complexity index is 1230. The van der Waals surface area contributed by atoms with Crippen molar-refractivity contribution in [3.05, 3.63) is 64.5 Å². The number of aromatic nitrogens is 1. The maximum Gasteiger partial charge on any atom is 0.419 e. The molecule has 37 heavy (non-hydrogen) atoms. The molecule has 2 aromatic rings. The van der Waals surface area contributed by atoms with Gasteiger partial charge in [-0.05, 0) is 61.8 Å². The lowest BCUT2D eigenvalue weighted by atomic mass is 9.74. The highest BCUT2D eigenvalue weighted by Crippen LogP contribution is 2.49. The Morgan fingerprint density at radius 2 is 1.84 bits per heavy atom. The number of nitrogens with zero attached hydrogens (tertiary/aromatic N) is 2. The summed E-state index contributed by atoms with van der Waals surface area (Å²) < 4.78 is 81.3. The third kappa shape index (κ3) is 4.78. The molecule has 3 aliphatic rings. The van der Waals surface area contributed by atoms with Gasteiger partial charge >= 0.3 is 6.18 Å². The summed E-state index contributed by atoms with van der Waals surface area (Å²) in [5.41, 5.74) is -2.01. The van der Waals surface area contributed by atoms with E-state index in [-0.39, 0.29) is 42.1 Å². The maximum absolute atomic E-state index is 14.8. The van der Waals surface area contributed by atoms with Crippen LogP contribution >= 0.6 is 0 Å². The summed E-state index contributed by atoms with van der Waals surface area (Å²) in [5, 5.41) is 12.4. The van der Waals surface area contributed by atoms with Crippen LogP contribution in [0.2, 0.25) is 0 Å². The molecule has 1 aromatic heterocycles. The number of halogens is 6. The summed E-state index contributed by atoms with van der Waals surface area (Å²) in [7, 11) is 0. The zero-order valence-corrected chi connectivity index (χ0v) is 19.3. The van der Waals surface area contributed by atoms with Gasteiger partial charge in [0.25, 0.3) is 5.91 Å².